The number of nitrogens with one attached hydrogen (secondary N) is 1. The van der Waals surface area contributed by atoms with Gasteiger partial charge in [0.25, 0.3) is 16.9 Å². The summed E-state index contributed by atoms with van der Waals surface area (Å²) in [6.45, 7) is 0. The minimum atomic E-state index is -0.965. The van der Waals surface area contributed by atoms with Gasteiger partial charge in [0, 0.05) is 12.1 Å². The first-order valence-electron chi connectivity index (χ1n) is 5.01. The molecule has 0 amide bonds. The summed E-state index contributed by atoms with van der Waals surface area (Å²) in [4.78, 5) is 44.0. The SMILES string of the molecule is O=c1cnn(-c2cc([N+](=O)[O-])cc([N+](=O)[O-])c2)c(=O)[nH]1. The van der Waals surface area contributed by atoms with E-state index in [0.29, 0.717) is 4.68 Å². The lowest BCUT2D eigenvalue weighted by Gasteiger charge is -2.02. The van der Waals surface area contributed by atoms with E-state index in [4.69, 9.17) is 0 Å². The number of nitro benzene ring substituents is 2. The molecule has 1 aromatic carbocycles. The Morgan fingerprint density at radius 3 is 2.05 bits per heavy atom. The van der Waals surface area contributed by atoms with Crippen molar-refractivity contribution in [2.24, 2.45) is 0 Å². The summed E-state index contributed by atoms with van der Waals surface area (Å²) in [5.74, 6) is 0. The van der Waals surface area contributed by atoms with E-state index in [2.05, 4.69) is 5.10 Å². The normalized spacial score (nSPS) is 10.2. The molecule has 0 bridgehead atoms. The standard InChI is InChI=1S/C9H5N5O6/c15-8-4-10-12(9(16)11-8)5-1-6(13(17)18)3-7(2-5)14(19)20/h1-4H,(H,11,15,16). The van der Waals surface area contributed by atoms with E-state index in [0.717, 1.165) is 24.4 Å². The molecule has 2 aromatic rings. The highest BCUT2D eigenvalue weighted by atomic mass is 16.6. The van der Waals surface area contributed by atoms with Crippen molar-refractivity contribution in [1.82, 2.24) is 14.8 Å². The Kier molecular flexibility index (Phi) is 3.08. The van der Waals surface area contributed by atoms with Gasteiger partial charge in [0.2, 0.25) is 0 Å². The Hall–Kier alpha value is -3.37. The number of benzene rings is 1. The Morgan fingerprint density at radius 1 is 1.05 bits per heavy atom. The number of aromatic nitrogens is 3. The molecule has 11 nitrogen and oxygen atoms in total. The molecule has 1 heterocycles. The van der Waals surface area contributed by atoms with Crippen LogP contribution in [-0.2, 0) is 0 Å². The smallest absolute Gasteiger partial charge is 0.271 e. The highest BCUT2D eigenvalue weighted by Gasteiger charge is 2.18. The average molecular weight is 279 g/mol. The van der Waals surface area contributed by atoms with Crippen LogP contribution in [0.25, 0.3) is 5.69 Å². The van der Waals surface area contributed by atoms with Gasteiger partial charge in [-0.1, -0.05) is 0 Å². The minimum absolute atomic E-state index is 0.202. The van der Waals surface area contributed by atoms with Crippen LogP contribution < -0.4 is 11.2 Å². The molecule has 0 saturated heterocycles. The maximum absolute atomic E-state index is 11.5. The third-order valence-corrected chi connectivity index (χ3v) is 2.27. The van der Waals surface area contributed by atoms with Crippen molar-refractivity contribution in [2.75, 3.05) is 0 Å². The van der Waals surface area contributed by atoms with Gasteiger partial charge in [-0.3, -0.25) is 30.0 Å². The summed E-state index contributed by atoms with van der Waals surface area (Å²) in [5.41, 5.74) is -3.08. The van der Waals surface area contributed by atoms with Gasteiger partial charge in [0.1, 0.15) is 6.20 Å². The minimum Gasteiger partial charge on any atom is -0.271 e. The largest absolute Gasteiger partial charge is 0.349 e. The maximum atomic E-state index is 11.5. The van der Waals surface area contributed by atoms with E-state index in [1.807, 2.05) is 4.98 Å². The van der Waals surface area contributed by atoms with Gasteiger partial charge >= 0.3 is 5.69 Å². The zero-order chi connectivity index (χ0) is 14.9. The zero-order valence-corrected chi connectivity index (χ0v) is 9.55. The number of H-pyrrole nitrogens is 1. The highest BCUT2D eigenvalue weighted by molar-refractivity contribution is 5.52. The number of hydrogen-bond acceptors (Lipinski definition) is 7. The van der Waals surface area contributed by atoms with E-state index < -0.39 is 32.5 Å². The fraction of sp³-hybridized carbons (Fsp3) is 0. The number of nitrogens with zero attached hydrogens (tertiary/aromatic N) is 4. The van der Waals surface area contributed by atoms with E-state index in [1.54, 1.807) is 0 Å². The van der Waals surface area contributed by atoms with E-state index in [9.17, 15) is 29.8 Å². The lowest BCUT2D eigenvalue weighted by molar-refractivity contribution is -0.394. The van der Waals surface area contributed by atoms with Crippen molar-refractivity contribution in [1.29, 1.82) is 0 Å². The fourth-order valence-corrected chi connectivity index (χ4v) is 1.45. The molecule has 2 rings (SSSR count). The summed E-state index contributed by atoms with van der Waals surface area (Å²) >= 11 is 0. The van der Waals surface area contributed by atoms with Crippen molar-refractivity contribution in [3.63, 3.8) is 0 Å². The van der Waals surface area contributed by atoms with Gasteiger partial charge in [0.05, 0.1) is 21.6 Å². The number of aromatic amines is 1. The Balaban J connectivity index is 2.73. The molecular weight excluding hydrogens is 274 g/mol. The second-order valence-corrected chi connectivity index (χ2v) is 3.57. The summed E-state index contributed by atoms with van der Waals surface area (Å²) in [6.07, 6.45) is 0.770. The molecule has 102 valence electrons. The van der Waals surface area contributed by atoms with Crippen LogP contribution in [0.1, 0.15) is 0 Å². The summed E-state index contributed by atoms with van der Waals surface area (Å²) < 4.78 is 0.612. The summed E-state index contributed by atoms with van der Waals surface area (Å²) in [7, 11) is 0. The third kappa shape index (κ3) is 2.40. The lowest BCUT2D eigenvalue weighted by atomic mass is 10.2. The van der Waals surface area contributed by atoms with Crippen molar-refractivity contribution in [3.8, 4) is 5.69 Å². The fourth-order valence-electron chi connectivity index (χ4n) is 1.45. The topological polar surface area (TPSA) is 154 Å². The summed E-state index contributed by atoms with van der Waals surface area (Å²) in [6, 6.07) is 2.61. The molecule has 0 aliphatic carbocycles. The molecular formula is C9H5N5O6. The molecule has 0 atom stereocenters. The van der Waals surface area contributed by atoms with E-state index in [-0.39, 0.29) is 5.69 Å². The number of nitro groups is 2. The van der Waals surface area contributed by atoms with Gasteiger partial charge < -0.3 is 0 Å². The van der Waals surface area contributed by atoms with Crippen molar-refractivity contribution >= 4 is 11.4 Å². The Labute approximate surface area is 108 Å². The first-order chi connectivity index (χ1) is 9.38. The molecule has 0 aliphatic heterocycles. The quantitative estimate of drug-likeness (QED) is 0.599. The molecule has 0 spiro atoms. The van der Waals surface area contributed by atoms with Crippen LogP contribution in [0.2, 0.25) is 0 Å². The van der Waals surface area contributed by atoms with Gasteiger partial charge in [-0.25, -0.2) is 4.79 Å². The van der Waals surface area contributed by atoms with Crippen LogP contribution in [0.3, 0.4) is 0 Å². The van der Waals surface area contributed by atoms with E-state index >= 15 is 0 Å². The molecule has 11 heteroatoms. The molecule has 1 N–H and O–H groups in total. The molecule has 0 radical (unpaired) electrons. The Morgan fingerprint density at radius 2 is 1.60 bits per heavy atom. The van der Waals surface area contributed by atoms with Gasteiger partial charge in [-0.05, 0) is 0 Å². The first kappa shape index (κ1) is 13.1. The van der Waals surface area contributed by atoms with Gasteiger partial charge in [0.15, 0.2) is 0 Å². The predicted molar refractivity (Wildman–Crippen MR) is 63.8 cm³/mol. The zero-order valence-electron chi connectivity index (χ0n) is 9.55. The number of non-ortho nitro benzene ring substituents is 2. The monoisotopic (exact) mass is 279 g/mol. The van der Waals surface area contributed by atoms with Crippen LogP contribution in [-0.4, -0.2) is 24.6 Å². The molecule has 0 fully saturated rings. The van der Waals surface area contributed by atoms with Gasteiger partial charge in [-0.2, -0.15) is 9.78 Å². The average Bonchev–Trinajstić information content (AvgIpc) is 2.38. The van der Waals surface area contributed by atoms with Crippen molar-refractivity contribution < 1.29 is 9.85 Å². The first-order valence-corrected chi connectivity index (χ1v) is 5.01. The van der Waals surface area contributed by atoms with Gasteiger partial charge in [-0.15, -0.1) is 0 Å². The Bertz CT molecular complexity index is 790. The second kappa shape index (κ2) is 4.72. The summed E-state index contributed by atoms with van der Waals surface area (Å²) in [5, 5.41) is 24.9. The third-order valence-electron chi connectivity index (χ3n) is 2.27. The highest BCUT2D eigenvalue weighted by Crippen LogP contribution is 2.23. The van der Waals surface area contributed by atoms with Crippen LogP contribution >= 0.6 is 0 Å². The van der Waals surface area contributed by atoms with Crippen LogP contribution in [0.4, 0.5) is 11.4 Å². The maximum Gasteiger partial charge on any atom is 0.349 e. The molecule has 0 saturated carbocycles. The number of rotatable bonds is 3. The lowest BCUT2D eigenvalue weighted by Crippen LogP contribution is -2.30. The van der Waals surface area contributed by atoms with Crippen LogP contribution in [0.5, 0.6) is 0 Å². The number of hydrogen-bond donors (Lipinski definition) is 1. The van der Waals surface area contributed by atoms with Crippen LogP contribution in [0, 0.1) is 20.2 Å². The van der Waals surface area contributed by atoms with E-state index in [1.165, 1.54) is 0 Å². The van der Waals surface area contributed by atoms with Crippen molar-refractivity contribution in [2.45, 2.75) is 0 Å². The molecule has 1 aromatic heterocycles. The second-order valence-electron chi connectivity index (χ2n) is 3.57. The molecule has 0 aliphatic rings. The molecule has 20 heavy (non-hydrogen) atoms. The molecule has 0 unspecified atom stereocenters. The predicted octanol–water partition coefficient (Wildman–Crippen LogP) is -0.263. The van der Waals surface area contributed by atoms with Crippen molar-refractivity contribution in [3.05, 3.63) is 65.5 Å². The van der Waals surface area contributed by atoms with Crippen LogP contribution in [0.15, 0.2) is 34.0 Å².